The molecule has 0 saturated carbocycles. The Labute approximate surface area is 132 Å². The Hall–Kier alpha value is -1.12. The SMILES string of the molecule is O=S(=O)(Cc1cccc(CO)c1)Nc1ccccc1I. The van der Waals surface area contributed by atoms with Crippen molar-refractivity contribution in [2.75, 3.05) is 4.72 Å². The first-order valence-electron chi connectivity index (χ1n) is 5.94. The summed E-state index contributed by atoms with van der Waals surface area (Å²) in [5.74, 6) is -0.119. The molecule has 6 heteroatoms. The molecule has 2 N–H and O–H groups in total. The summed E-state index contributed by atoms with van der Waals surface area (Å²) in [5.41, 5.74) is 1.92. The number of aliphatic hydroxyl groups is 1. The van der Waals surface area contributed by atoms with Gasteiger partial charge in [-0.15, -0.1) is 0 Å². The third kappa shape index (κ3) is 4.19. The number of nitrogens with one attached hydrogen (secondary N) is 1. The fourth-order valence-corrected chi connectivity index (χ4v) is 3.69. The summed E-state index contributed by atoms with van der Waals surface area (Å²) in [4.78, 5) is 0. The topological polar surface area (TPSA) is 66.4 Å². The van der Waals surface area contributed by atoms with Gasteiger partial charge in [0.15, 0.2) is 0 Å². The number of aliphatic hydroxyl groups excluding tert-OH is 1. The Kier molecular flexibility index (Phi) is 5.00. The predicted molar refractivity (Wildman–Crippen MR) is 87.8 cm³/mol. The Bertz CT molecular complexity index is 701. The number of anilines is 1. The van der Waals surface area contributed by atoms with Crippen molar-refractivity contribution in [3.8, 4) is 0 Å². The highest BCUT2D eigenvalue weighted by molar-refractivity contribution is 14.1. The van der Waals surface area contributed by atoms with Crippen molar-refractivity contribution in [2.24, 2.45) is 0 Å². The van der Waals surface area contributed by atoms with Gasteiger partial charge in [-0.2, -0.15) is 0 Å². The highest BCUT2D eigenvalue weighted by Crippen LogP contribution is 2.19. The van der Waals surface area contributed by atoms with E-state index in [1.807, 2.05) is 12.1 Å². The van der Waals surface area contributed by atoms with E-state index in [1.165, 1.54) is 0 Å². The second-order valence-corrected chi connectivity index (χ2v) is 7.20. The molecule has 0 fully saturated rings. The Morgan fingerprint density at radius 2 is 1.75 bits per heavy atom. The van der Waals surface area contributed by atoms with Gasteiger partial charge in [0.2, 0.25) is 10.0 Å². The number of rotatable bonds is 5. The lowest BCUT2D eigenvalue weighted by atomic mass is 10.1. The Balaban J connectivity index is 2.17. The van der Waals surface area contributed by atoms with Gasteiger partial charge >= 0.3 is 0 Å². The molecule has 2 rings (SSSR count). The maximum Gasteiger partial charge on any atom is 0.236 e. The average Bonchev–Trinajstić information content (AvgIpc) is 2.41. The van der Waals surface area contributed by atoms with Gasteiger partial charge in [0, 0.05) is 3.57 Å². The zero-order valence-corrected chi connectivity index (χ0v) is 13.6. The van der Waals surface area contributed by atoms with E-state index in [0.29, 0.717) is 16.8 Å². The molecule has 0 radical (unpaired) electrons. The summed E-state index contributed by atoms with van der Waals surface area (Å²) in [6.07, 6.45) is 0. The maximum absolute atomic E-state index is 12.1. The maximum atomic E-state index is 12.1. The second kappa shape index (κ2) is 6.55. The molecule has 106 valence electrons. The highest BCUT2D eigenvalue weighted by Gasteiger charge is 2.13. The second-order valence-electron chi connectivity index (χ2n) is 4.32. The van der Waals surface area contributed by atoms with Crippen molar-refractivity contribution < 1.29 is 13.5 Å². The van der Waals surface area contributed by atoms with E-state index in [-0.39, 0.29) is 12.4 Å². The number of sulfonamides is 1. The molecule has 20 heavy (non-hydrogen) atoms. The van der Waals surface area contributed by atoms with E-state index in [2.05, 4.69) is 27.3 Å². The molecule has 0 aromatic heterocycles. The molecule has 0 aliphatic rings. The summed E-state index contributed by atoms with van der Waals surface area (Å²) in [6, 6.07) is 14.1. The molecule has 0 heterocycles. The van der Waals surface area contributed by atoms with Crippen LogP contribution in [0.4, 0.5) is 5.69 Å². The molecule has 0 spiro atoms. The molecular weight excluding hydrogens is 389 g/mol. The molecule has 0 bridgehead atoms. The summed E-state index contributed by atoms with van der Waals surface area (Å²) in [7, 11) is -3.47. The summed E-state index contributed by atoms with van der Waals surface area (Å²) >= 11 is 2.08. The molecular formula is C14H14INO3S. The monoisotopic (exact) mass is 403 g/mol. The van der Waals surface area contributed by atoms with Crippen LogP contribution in [0.5, 0.6) is 0 Å². The summed E-state index contributed by atoms with van der Waals surface area (Å²) in [6.45, 7) is -0.0993. The quantitative estimate of drug-likeness (QED) is 0.755. The van der Waals surface area contributed by atoms with Crippen LogP contribution < -0.4 is 4.72 Å². The average molecular weight is 403 g/mol. The minimum absolute atomic E-state index is 0.0993. The Morgan fingerprint density at radius 1 is 1.05 bits per heavy atom. The predicted octanol–water partition coefficient (Wildman–Crippen LogP) is 2.73. The molecule has 2 aromatic rings. The van der Waals surface area contributed by atoms with E-state index in [1.54, 1.807) is 36.4 Å². The normalized spacial score (nSPS) is 11.3. The van der Waals surface area contributed by atoms with Gasteiger partial charge in [-0.05, 0) is 45.9 Å². The molecule has 0 aliphatic carbocycles. The van der Waals surface area contributed by atoms with Crippen LogP contribution in [0.1, 0.15) is 11.1 Å². The van der Waals surface area contributed by atoms with Crippen LogP contribution in [0, 0.1) is 3.57 Å². The summed E-state index contributed by atoms with van der Waals surface area (Å²) in [5, 5.41) is 9.07. The van der Waals surface area contributed by atoms with E-state index in [0.717, 1.165) is 3.57 Å². The fourth-order valence-electron chi connectivity index (χ4n) is 1.78. The van der Waals surface area contributed by atoms with Crippen molar-refractivity contribution in [1.82, 2.24) is 0 Å². The lowest BCUT2D eigenvalue weighted by Crippen LogP contribution is -2.15. The smallest absolute Gasteiger partial charge is 0.236 e. The van der Waals surface area contributed by atoms with Crippen molar-refractivity contribution in [3.05, 3.63) is 63.2 Å². The van der Waals surface area contributed by atoms with Crippen LogP contribution in [-0.4, -0.2) is 13.5 Å². The molecule has 0 unspecified atom stereocenters. The van der Waals surface area contributed by atoms with Crippen LogP contribution in [0.15, 0.2) is 48.5 Å². The lowest BCUT2D eigenvalue weighted by molar-refractivity contribution is 0.282. The van der Waals surface area contributed by atoms with Crippen LogP contribution in [0.25, 0.3) is 0 Å². The molecule has 0 aliphatic heterocycles. The van der Waals surface area contributed by atoms with E-state index >= 15 is 0 Å². The van der Waals surface area contributed by atoms with Gasteiger partial charge in [-0.3, -0.25) is 4.72 Å². The number of hydrogen-bond acceptors (Lipinski definition) is 3. The van der Waals surface area contributed by atoms with Crippen LogP contribution in [-0.2, 0) is 22.4 Å². The van der Waals surface area contributed by atoms with Crippen molar-refractivity contribution in [2.45, 2.75) is 12.4 Å². The standard InChI is InChI=1S/C14H14INO3S/c15-13-6-1-2-7-14(13)16-20(18,19)10-12-5-3-4-11(8-12)9-17/h1-8,16-17H,9-10H2. The van der Waals surface area contributed by atoms with Crippen molar-refractivity contribution in [1.29, 1.82) is 0 Å². The largest absolute Gasteiger partial charge is 0.392 e. The van der Waals surface area contributed by atoms with Gasteiger partial charge in [-0.25, -0.2) is 8.42 Å². The molecule has 2 aromatic carbocycles. The minimum atomic E-state index is -3.47. The minimum Gasteiger partial charge on any atom is -0.392 e. The first kappa shape index (κ1) is 15.3. The van der Waals surface area contributed by atoms with E-state index in [4.69, 9.17) is 5.11 Å². The third-order valence-corrected chi connectivity index (χ3v) is 4.85. The molecule has 0 atom stereocenters. The Morgan fingerprint density at radius 3 is 2.45 bits per heavy atom. The summed E-state index contributed by atoms with van der Waals surface area (Å²) < 4.78 is 27.7. The first-order chi connectivity index (χ1) is 9.50. The zero-order chi connectivity index (χ0) is 14.6. The van der Waals surface area contributed by atoms with Crippen LogP contribution in [0.2, 0.25) is 0 Å². The van der Waals surface area contributed by atoms with Crippen molar-refractivity contribution >= 4 is 38.3 Å². The molecule has 4 nitrogen and oxygen atoms in total. The number of para-hydroxylation sites is 1. The van der Waals surface area contributed by atoms with Gasteiger partial charge < -0.3 is 5.11 Å². The van der Waals surface area contributed by atoms with E-state index in [9.17, 15) is 8.42 Å². The van der Waals surface area contributed by atoms with Crippen molar-refractivity contribution in [3.63, 3.8) is 0 Å². The van der Waals surface area contributed by atoms with Gasteiger partial charge in [0.25, 0.3) is 0 Å². The lowest BCUT2D eigenvalue weighted by Gasteiger charge is -2.10. The van der Waals surface area contributed by atoms with Crippen LogP contribution >= 0.6 is 22.6 Å². The highest BCUT2D eigenvalue weighted by atomic mass is 127. The van der Waals surface area contributed by atoms with E-state index < -0.39 is 10.0 Å². The molecule has 0 saturated heterocycles. The van der Waals surface area contributed by atoms with Gasteiger partial charge in [-0.1, -0.05) is 36.4 Å². The van der Waals surface area contributed by atoms with Gasteiger partial charge in [0.1, 0.15) is 0 Å². The van der Waals surface area contributed by atoms with Crippen LogP contribution in [0.3, 0.4) is 0 Å². The number of halogens is 1. The zero-order valence-electron chi connectivity index (χ0n) is 10.6. The number of hydrogen-bond donors (Lipinski definition) is 2. The molecule has 0 amide bonds. The van der Waals surface area contributed by atoms with Gasteiger partial charge in [0.05, 0.1) is 18.0 Å². The first-order valence-corrected chi connectivity index (χ1v) is 8.67. The third-order valence-electron chi connectivity index (χ3n) is 2.67. The number of benzene rings is 2. The fraction of sp³-hybridized carbons (Fsp3) is 0.143.